The van der Waals surface area contributed by atoms with Gasteiger partial charge in [-0.1, -0.05) is 0 Å². The summed E-state index contributed by atoms with van der Waals surface area (Å²) in [7, 11) is 0. The number of carbonyl (C=O) groups is 1. The molecule has 1 rings (SSSR count). The van der Waals surface area contributed by atoms with Gasteiger partial charge >= 0.3 is 0 Å². The Hall–Kier alpha value is -1.51. The van der Waals surface area contributed by atoms with E-state index in [0.29, 0.717) is 0 Å². The molecule has 4 N–H and O–H groups in total. The first-order chi connectivity index (χ1) is 7.56. The lowest BCUT2D eigenvalue weighted by Crippen LogP contribution is -2.26. The lowest BCUT2D eigenvalue weighted by Gasteiger charge is -2.19. The molecule has 8 nitrogen and oxygen atoms in total. The first-order valence-corrected chi connectivity index (χ1v) is 4.67. The Morgan fingerprint density at radius 3 is 2.88 bits per heavy atom. The van der Waals surface area contributed by atoms with Gasteiger partial charge in [-0.3, -0.25) is 4.79 Å². The van der Waals surface area contributed by atoms with Gasteiger partial charge in [0.15, 0.2) is 6.23 Å². The Morgan fingerprint density at radius 1 is 1.75 bits per heavy atom. The normalized spacial score (nSPS) is 14.7. The number of hydrogen-bond acceptors (Lipinski definition) is 6. The average Bonchev–Trinajstić information content (AvgIpc) is 2.67. The number of aromatic nitrogens is 3. The van der Waals surface area contributed by atoms with Crippen LogP contribution >= 0.6 is 0 Å². The molecule has 0 aromatic carbocycles. The summed E-state index contributed by atoms with van der Waals surface area (Å²) in [6, 6.07) is 0. The minimum absolute atomic E-state index is 0.0430. The van der Waals surface area contributed by atoms with Crippen molar-refractivity contribution < 1.29 is 19.7 Å². The van der Waals surface area contributed by atoms with E-state index < -0.39 is 18.2 Å². The van der Waals surface area contributed by atoms with Crippen LogP contribution < -0.4 is 5.73 Å². The molecule has 16 heavy (non-hydrogen) atoms. The van der Waals surface area contributed by atoms with Crippen molar-refractivity contribution in [1.82, 2.24) is 14.8 Å². The number of ether oxygens (including phenoxy) is 1. The van der Waals surface area contributed by atoms with Crippen LogP contribution in [0.5, 0.6) is 0 Å². The Balaban J connectivity index is 2.80. The molecule has 0 saturated heterocycles. The predicted octanol–water partition coefficient (Wildman–Crippen LogP) is -1.73. The van der Waals surface area contributed by atoms with Crippen molar-refractivity contribution in [3.63, 3.8) is 0 Å². The second kappa shape index (κ2) is 5.54. The number of aliphatic hydroxyl groups excluding tert-OH is 2. The number of hydrogen-bond donors (Lipinski definition) is 3. The van der Waals surface area contributed by atoms with Crippen molar-refractivity contribution in [2.75, 3.05) is 13.2 Å². The van der Waals surface area contributed by atoms with Gasteiger partial charge in [-0.05, 0) is 6.92 Å². The lowest BCUT2D eigenvalue weighted by molar-refractivity contribution is -0.0889. The monoisotopic (exact) mass is 230 g/mol. The lowest BCUT2D eigenvalue weighted by atomic mass is 10.3. The topological polar surface area (TPSA) is 123 Å². The fourth-order valence-corrected chi connectivity index (χ4v) is 1.12. The summed E-state index contributed by atoms with van der Waals surface area (Å²) < 4.78 is 6.32. The highest BCUT2D eigenvalue weighted by Crippen LogP contribution is 2.11. The molecule has 0 fully saturated rings. The number of nitrogens with zero attached hydrogens (tertiary/aromatic N) is 3. The number of carbonyl (C=O) groups excluding carboxylic acids is 1. The number of primary amides is 1. The summed E-state index contributed by atoms with van der Waals surface area (Å²) in [6.45, 7) is 1.36. The Labute approximate surface area is 91.7 Å². The minimum atomic E-state index is -0.867. The highest BCUT2D eigenvalue weighted by molar-refractivity contribution is 5.88. The van der Waals surface area contributed by atoms with Crippen molar-refractivity contribution in [1.29, 1.82) is 0 Å². The maximum atomic E-state index is 10.8. The highest BCUT2D eigenvalue weighted by Gasteiger charge is 2.20. The van der Waals surface area contributed by atoms with Gasteiger partial charge in [0, 0.05) is 0 Å². The molecular weight excluding hydrogens is 216 g/mol. The molecule has 1 heterocycles. The van der Waals surface area contributed by atoms with E-state index in [0.717, 1.165) is 0 Å². The van der Waals surface area contributed by atoms with E-state index in [4.69, 9.17) is 15.6 Å². The zero-order valence-electron chi connectivity index (χ0n) is 8.78. The molecule has 1 unspecified atom stereocenters. The highest BCUT2D eigenvalue weighted by atomic mass is 16.5. The summed E-state index contributed by atoms with van der Waals surface area (Å²) in [6.07, 6.45) is -0.448. The van der Waals surface area contributed by atoms with Gasteiger partial charge in [-0.25, -0.2) is 9.67 Å². The summed E-state index contributed by atoms with van der Waals surface area (Å²) in [5.41, 5.74) is 4.98. The van der Waals surface area contributed by atoms with Gasteiger partial charge < -0.3 is 20.7 Å². The van der Waals surface area contributed by atoms with E-state index in [1.54, 1.807) is 0 Å². The molecule has 1 aromatic heterocycles. The van der Waals surface area contributed by atoms with E-state index >= 15 is 0 Å². The maximum absolute atomic E-state index is 10.8. The van der Waals surface area contributed by atoms with Crippen LogP contribution in [0.1, 0.15) is 23.8 Å². The predicted molar refractivity (Wildman–Crippen MR) is 52.3 cm³/mol. The van der Waals surface area contributed by atoms with Crippen molar-refractivity contribution >= 4 is 5.91 Å². The van der Waals surface area contributed by atoms with Crippen LogP contribution in [0.4, 0.5) is 0 Å². The van der Waals surface area contributed by atoms with Crippen LogP contribution in [-0.2, 0) is 4.74 Å². The van der Waals surface area contributed by atoms with Crippen LogP contribution in [0.25, 0.3) is 0 Å². The fourth-order valence-electron chi connectivity index (χ4n) is 1.12. The molecule has 8 heteroatoms. The van der Waals surface area contributed by atoms with E-state index in [9.17, 15) is 9.90 Å². The van der Waals surface area contributed by atoms with E-state index in [2.05, 4.69) is 10.1 Å². The summed E-state index contributed by atoms with van der Waals surface area (Å²) in [5, 5.41) is 21.8. The molecule has 0 radical (unpaired) electrons. The average molecular weight is 230 g/mol. The van der Waals surface area contributed by atoms with Crippen molar-refractivity contribution in [2.24, 2.45) is 5.73 Å². The number of amides is 1. The van der Waals surface area contributed by atoms with Gasteiger partial charge in [0.25, 0.3) is 5.91 Å². The van der Waals surface area contributed by atoms with Gasteiger partial charge in [0.05, 0.1) is 19.3 Å². The molecule has 0 spiro atoms. The van der Waals surface area contributed by atoms with Crippen molar-refractivity contribution in [3.05, 3.63) is 12.2 Å². The van der Waals surface area contributed by atoms with Gasteiger partial charge in [-0.2, -0.15) is 0 Å². The van der Waals surface area contributed by atoms with Crippen molar-refractivity contribution in [2.45, 2.75) is 19.3 Å². The third-order valence-electron chi connectivity index (χ3n) is 1.78. The Kier molecular flexibility index (Phi) is 4.35. The second-order valence-electron chi connectivity index (χ2n) is 3.14. The van der Waals surface area contributed by atoms with Crippen LogP contribution in [-0.4, -0.2) is 50.2 Å². The molecule has 0 saturated carbocycles. The third-order valence-corrected chi connectivity index (χ3v) is 1.78. The molecule has 90 valence electrons. The zero-order chi connectivity index (χ0) is 12.1. The third kappa shape index (κ3) is 2.99. The summed E-state index contributed by atoms with van der Waals surface area (Å²) in [4.78, 5) is 14.4. The molecule has 2 atom stereocenters. The van der Waals surface area contributed by atoms with Crippen LogP contribution in [0, 0.1) is 0 Å². The van der Waals surface area contributed by atoms with Gasteiger partial charge in [-0.15, -0.1) is 5.10 Å². The number of rotatable bonds is 6. The molecule has 0 bridgehead atoms. The molecule has 1 aromatic rings. The fraction of sp³-hybridized carbons (Fsp3) is 0.625. The molecule has 0 aliphatic rings. The number of aliphatic hydroxyl groups is 2. The molecule has 1 amide bonds. The van der Waals surface area contributed by atoms with Crippen LogP contribution in [0.3, 0.4) is 0 Å². The maximum Gasteiger partial charge on any atom is 0.288 e. The minimum Gasteiger partial charge on any atom is -0.394 e. The summed E-state index contributed by atoms with van der Waals surface area (Å²) >= 11 is 0. The van der Waals surface area contributed by atoms with Gasteiger partial charge in [0.1, 0.15) is 6.33 Å². The van der Waals surface area contributed by atoms with Crippen LogP contribution in [0.2, 0.25) is 0 Å². The molecular formula is C8H14N4O4. The quantitative estimate of drug-likeness (QED) is 0.533. The van der Waals surface area contributed by atoms with E-state index in [1.165, 1.54) is 17.9 Å². The standard InChI is InChI=1S/C8H14N4O4/c1-5(14)8(16-3-2-13)12-4-10-7(11-12)6(9)15/h4-5,8,13-14H,2-3H2,1H3,(H2,9,15)/t5?,8-/m0/s1. The first-order valence-electron chi connectivity index (χ1n) is 4.67. The van der Waals surface area contributed by atoms with Gasteiger partial charge in [0.2, 0.25) is 5.82 Å². The smallest absolute Gasteiger partial charge is 0.288 e. The molecule has 0 aliphatic heterocycles. The SMILES string of the molecule is CC(O)[C@H](OCCO)n1cnc(C(N)=O)n1. The van der Waals surface area contributed by atoms with E-state index in [-0.39, 0.29) is 19.0 Å². The first kappa shape index (κ1) is 12.6. The largest absolute Gasteiger partial charge is 0.394 e. The molecule has 0 aliphatic carbocycles. The zero-order valence-corrected chi connectivity index (χ0v) is 8.78. The number of nitrogens with two attached hydrogens (primary N) is 1. The van der Waals surface area contributed by atoms with Crippen molar-refractivity contribution in [3.8, 4) is 0 Å². The van der Waals surface area contributed by atoms with Crippen LogP contribution in [0.15, 0.2) is 6.33 Å². The Morgan fingerprint density at radius 2 is 2.44 bits per heavy atom. The summed E-state index contributed by atoms with van der Waals surface area (Å²) in [5.74, 6) is -0.913. The van der Waals surface area contributed by atoms with E-state index in [1.807, 2.05) is 0 Å². The Bertz CT molecular complexity index is 352. The second-order valence-corrected chi connectivity index (χ2v) is 3.14.